The molecule has 2 aromatic heterocycles. The molecule has 0 amide bonds. The quantitative estimate of drug-likeness (QED) is 0.464. The largest absolute Gasteiger partial charge is 0.481 e. The molecule has 36 heavy (non-hydrogen) atoms. The molecule has 2 bridgehead atoms. The highest BCUT2D eigenvalue weighted by Crippen LogP contribution is 2.40. The Labute approximate surface area is 203 Å². The van der Waals surface area contributed by atoms with Gasteiger partial charge >= 0.3 is 12.2 Å². The smallest absolute Gasteiger partial charge is 0.408 e. The van der Waals surface area contributed by atoms with Gasteiger partial charge in [-0.1, -0.05) is 0 Å². The van der Waals surface area contributed by atoms with Crippen LogP contribution >= 0.6 is 0 Å². The molecule has 1 aliphatic heterocycles. The van der Waals surface area contributed by atoms with Gasteiger partial charge in [0.2, 0.25) is 11.8 Å². The highest BCUT2D eigenvalue weighted by atomic mass is 19.4. The number of piperidine rings is 1. The molecule has 8 nitrogen and oxygen atoms in total. The van der Waals surface area contributed by atoms with Crippen LogP contribution in [0.4, 0.5) is 33.6 Å². The van der Waals surface area contributed by atoms with Crippen LogP contribution in [0.2, 0.25) is 0 Å². The number of rotatable bonds is 7. The number of ether oxygens (including phenoxy) is 2. The Bertz CT molecular complexity index is 1200. The van der Waals surface area contributed by atoms with E-state index < -0.39 is 30.4 Å². The summed E-state index contributed by atoms with van der Waals surface area (Å²) in [4.78, 5) is 10.5. The lowest BCUT2D eigenvalue weighted by Crippen LogP contribution is -2.48. The van der Waals surface area contributed by atoms with Crippen LogP contribution in [-0.2, 0) is 6.54 Å². The summed E-state index contributed by atoms with van der Waals surface area (Å²) in [6.07, 6.45) is -1.04. The van der Waals surface area contributed by atoms with Crippen molar-refractivity contribution < 1.29 is 31.4 Å². The number of halogens is 5. The summed E-state index contributed by atoms with van der Waals surface area (Å²) in [6.45, 7) is -0.00295. The Hall–Kier alpha value is -3.64. The molecule has 2 atom stereocenters. The van der Waals surface area contributed by atoms with Crippen molar-refractivity contribution in [2.45, 2.75) is 31.6 Å². The Morgan fingerprint density at radius 1 is 1.06 bits per heavy atom. The Kier molecular flexibility index (Phi) is 6.31. The lowest BCUT2D eigenvalue weighted by Gasteiger charge is -2.39. The third-order valence-corrected chi connectivity index (χ3v) is 6.43. The first-order chi connectivity index (χ1) is 17.2. The molecule has 0 radical (unpaired) electrons. The summed E-state index contributed by atoms with van der Waals surface area (Å²) in [7, 11) is 1.56. The fourth-order valence-electron chi connectivity index (χ4n) is 4.96. The van der Waals surface area contributed by atoms with Crippen molar-refractivity contribution in [3.63, 3.8) is 0 Å². The second kappa shape index (κ2) is 9.43. The summed E-state index contributed by atoms with van der Waals surface area (Å²) in [5.74, 6) is -1.28. The molecule has 192 valence electrons. The standard InChI is InChI=1S/C23H23F5N6O2/c1-35-19-9-17(4-5-29-19)33-10-13-2-3-14(11-33)20(13)30-21-31-22(34(32-21)12-23(26,27)28)36-18-7-15(24)6-16(25)8-18/h4-9,13-14,20H,2-3,10-12H2,1H3,(H,30,32). The van der Waals surface area contributed by atoms with E-state index in [1.807, 2.05) is 12.1 Å². The van der Waals surface area contributed by atoms with Gasteiger partial charge in [0, 0.05) is 55.3 Å². The normalized spacial score (nSPS) is 21.5. The predicted octanol–water partition coefficient (Wildman–Crippen LogP) is 4.64. The number of benzene rings is 1. The summed E-state index contributed by atoms with van der Waals surface area (Å²) in [5.41, 5.74) is 0.989. The molecule has 0 spiro atoms. The number of alkyl halides is 3. The minimum atomic E-state index is -4.60. The fourth-order valence-corrected chi connectivity index (χ4v) is 4.96. The van der Waals surface area contributed by atoms with Crippen LogP contribution in [-0.4, -0.2) is 52.2 Å². The molecule has 13 heteroatoms. The summed E-state index contributed by atoms with van der Waals surface area (Å²) >= 11 is 0. The highest BCUT2D eigenvalue weighted by molar-refractivity contribution is 5.49. The zero-order chi connectivity index (χ0) is 25.4. The molecule has 2 fully saturated rings. The number of fused-ring (bicyclic) bond motifs is 2. The number of anilines is 2. The lowest BCUT2D eigenvalue weighted by atomic mass is 9.92. The molecule has 5 rings (SSSR count). The molecule has 1 saturated heterocycles. The van der Waals surface area contributed by atoms with Crippen molar-refractivity contribution in [2.24, 2.45) is 11.8 Å². The fraction of sp³-hybridized carbons (Fsp3) is 0.435. The predicted molar refractivity (Wildman–Crippen MR) is 119 cm³/mol. The lowest BCUT2D eigenvalue weighted by molar-refractivity contribution is -0.143. The van der Waals surface area contributed by atoms with Gasteiger partial charge in [-0.05, 0) is 30.7 Å². The second-order valence-corrected chi connectivity index (χ2v) is 8.93. The van der Waals surface area contributed by atoms with Crippen LogP contribution in [0, 0.1) is 23.5 Å². The van der Waals surface area contributed by atoms with Gasteiger partial charge in [-0.15, -0.1) is 5.10 Å². The number of hydrogen-bond donors (Lipinski definition) is 1. The topological polar surface area (TPSA) is 77.3 Å². The van der Waals surface area contributed by atoms with Crippen LogP contribution in [0.3, 0.4) is 0 Å². The SMILES string of the molecule is COc1cc(N2CC3CCC(C2)C3Nc2nc(Oc3cc(F)cc(F)c3)n(CC(F)(F)F)n2)ccn1. The van der Waals surface area contributed by atoms with Crippen LogP contribution in [0.25, 0.3) is 0 Å². The van der Waals surface area contributed by atoms with Crippen LogP contribution < -0.4 is 19.7 Å². The van der Waals surface area contributed by atoms with Crippen molar-refractivity contribution in [1.82, 2.24) is 19.7 Å². The van der Waals surface area contributed by atoms with Gasteiger partial charge in [-0.2, -0.15) is 18.2 Å². The molecule has 1 aromatic carbocycles. The molecule has 1 N–H and O–H groups in total. The highest BCUT2D eigenvalue weighted by Gasteiger charge is 2.43. The van der Waals surface area contributed by atoms with Crippen LogP contribution in [0.5, 0.6) is 17.6 Å². The van der Waals surface area contributed by atoms with Crippen molar-refractivity contribution in [2.75, 3.05) is 30.4 Å². The number of nitrogens with one attached hydrogen (secondary N) is 1. The van der Waals surface area contributed by atoms with Gasteiger partial charge < -0.3 is 19.7 Å². The van der Waals surface area contributed by atoms with Crippen molar-refractivity contribution in [3.05, 3.63) is 48.2 Å². The zero-order valence-corrected chi connectivity index (χ0v) is 19.2. The maximum atomic E-state index is 13.5. The van der Waals surface area contributed by atoms with E-state index in [0.717, 1.165) is 43.8 Å². The number of methoxy groups -OCH3 is 1. The van der Waals surface area contributed by atoms with E-state index in [1.54, 1.807) is 13.3 Å². The van der Waals surface area contributed by atoms with Gasteiger partial charge in [0.25, 0.3) is 0 Å². The molecule has 2 unspecified atom stereocenters. The van der Waals surface area contributed by atoms with E-state index in [9.17, 15) is 22.0 Å². The van der Waals surface area contributed by atoms with Gasteiger partial charge in [0.15, 0.2) is 0 Å². The monoisotopic (exact) mass is 510 g/mol. The molecule has 3 aromatic rings. The molecule has 2 aliphatic rings. The second-order valence-electron chi connectivity index (χ2n) is 8.93. The number of pyridine rings is 1. The Morgan fingerprint density at radius 3 is 2.39 bits per heavy atom. The maximum absolute atomic E-state index is 13.5. The van der Waals surface area contributed by atoms with Gasteiger partial charge in [-0.25, -0.2) is 18.4 Å². The van der Waals surface area contributed by atoms with E-state index in [4.69, 9.17) is 9.47 Å². The van der Waals surface area contributed by atoms with Gasteiger partial charge in [-0.3, -0.25) is 0 Å². The first-order valence-electron chi connectivity index (χ1n) is 11.3. The molecule has 1 aliphatic carbocycles. The minimum absolute atomic E-state index is 0.0351. The Morgan fingerprint density at radius 2 is 1.75 bits per heavy atom. The summed E-state index contributed by atoms with van der Waals surface area (Å²) < 4.78 is 77.6. The summed E-state index contributed by atoms with van der Waals surface area (Å²) in [6, 6.07) is 5.55. The maximum Gasteiger partial charge on any atom is 0.408 e. The average Bonchev–Trinajstić information content (AvgIpc) is 3.26. The molecule has 3 heterocycles. The summed E-state index contributed by atoms with van der Waals surface area (Å²) in [5, 5.41) is 7.14. The first-order valence-corrected chi connectivity index (χ1v) is 11.3. The number of nitrogens with zero attached hydrogens (tertiary/aromatic N) is 5. The van der Waals surface area contributed by atoms with Crippen molar-refractivity contribution >= 4 is 11.6 Å². The number of aromatic nitrogens is 4. The zero-order valence-electron chi connectivity index (χ0n) is 19.2. The minimum Gasteiger partial charge on any atom is -0.481 e. The van der Waals surface area contributed by atoms with Crippen LogP contribution in [0.1, 0.15) is 12.8 Å². The van der Waals surface area contributed by atoms with E-state index in [-0.39, 0.29) is 29.6 Å². The molecular formula is C23H23F5N6O2. The van der Waals surface area contributed by atoms with E-state index in [1.165, 1.54) is 0 Å². The van der Waals surface area contributed by atoms with Crippen molar-refractivity contribution in [1.29, 1.82) is 0 Å². The molecule has 1 saturated carbocycles. The van der Waals surface area contributed by atoms with E-state index in [2.05, 4.69) is 25.3 Å². The van der Waals surface area contributed by atoms with Crippen LogP contribution in [0.15, 0.2) is 36.5 Å². The third-order valence-electron chi connectivity index (χ3n) is 6.43. The van der Waals surface area contributed by atoms with Gasteiger partial charge in [0.05, 0.1) is 7.11 Å². The van der Waals surface area contributed by atoms with E-state index in [0.29, 0.717) is 16.6 Å². The first kappa shape index (κ1) is 24.1. The van der Waals surface area contributed by atoms with Crippen molar-refractivity contribution in [3.8, 4) is 17.6 Å². The molecular weight excluding hydrogens is 487 g/mol. The third kappa shape index (κ3) is 5.29. The number of hydrogen-bond acceptors (Lipinski definition) is 7. The Balaban J connectivity index is 1.34. The average molecular weight is 510 g/mol. The van der Waals surface area contributed by atoms with E-state index >= 15 is 0 Å². The van der Waals surface area contributed by atoms with Gasteiger partial charge in [0.1, 0.15) is 23.9 Å².